The van der Waals surface area contributed by atoms with Crippen molar-refractivity contribution in [3.05, 3.63) is 59.8 Å². The van der Waals surface area contributed by atoms with Crippen LogP contribution < -0.4 is 20.6 Å². The van der Waals surface area contributed by atoms with Crippen molar-refractivity contribution in [3.8, 4) is 28.6 Å². The topological polar surface area (TPSA) is 156 Å². The molecule has 2 aromatic heterocycles. The lowest BCUT2D eigenvalue weighted by molar-refractivity contribution is 0.0950. The predicted molar refractivity (Wildman–Crippen MR) is 118 cm³/mol. The normalized spacial score (nSPS) is 11.0. The molecule has 0 saturated heterocycles. The highest BCUT2D eigenvalue weighted by molar-refractivity contribution is 5.99. The number of aromatic nitrogens is 5. The standard InChI is InChI=1S/C21H20N8O4/c1-3-32-15-10-8-13(9-11-15)18-17(24-28-29(18)20-19(22)26-33-27-20)21(30)25-23-12-14-6-4-5-7-16(14)31-2/h4-12H,3H2,1-2H3,(H2,22,26)(H,25,30)/b23-12+. The van der Waals surface area contributed by atoms with E-state index in [-0.39, 0.29) is 17.3 Å². The average Bonchev–Trinajstić information content (AvgIpc) is 3.46. The van der Waals surface area contributed by atoms with Crippen molar-refractivity contribution in [2.24, 2.45) is 5.10 Å². The van der Waals surface area contributed by atoms with Crippen LogP contribution in [0.1, 0.15) is 23.0 Å². The number of hydrogen-bond donors (Lipinski definition) is 2. The van der Waals surface area contributed by atoms with Crippen LogP contribution in [0.25, 0.3) is 17.1 Å². The summed E-state index contributed by atoms with van der Waals surface area (Å²) in [6.45, 7) is 2.42. The van der Waals surface area contributed by atoms with E-state index in [1.807, 2.05) is 19.1 Å². The van der Waals surface area contributed by atoms with Gasteiger partial charge in [-0.2, -0.15) is 9.78 Å². The summed E-state index contributed by atoms with van der Waals surface area (Å²) in [5, 5.41) is 19.4. The number of nitrogen functional groups attached to an aromatic ring is 1. The van der Waals surface area contributed by atoms with Gasteiger partial charge in [0.15, 0.2) is 5.69 Å². The number of ether oxygens (including phenoxy) is 2. The van der Waals surface area contributed by atoms with Gasteiger partial charge in [0.05, 0.1) is 19.9 Å². The summed E-state index contributed by atoms with van der Waals surface area (Å²) in [6, 6.07) is 14.3. The first-order valence-electron chi connectivity index (χ1n) is 9.86. The molecule has 0 aliphatic heterocycles. The van der Waals surface area contributed by atoms with E-state index in [0.717, 1.165) is 0 Å². The minimum absolute atomic E-state index is 0.00117. The van der Waals surface area contributed by atoms with Gasteiger partial charge < -0.3 is 15.2 Å². The average molecular weight is 448 g/mol. The first-order chi connectivity index (χ1) is 16.1. The monoisotopic (exact) mass is 448 g/mol. The van der Waals surface area contributed by atoms with Crippen molar-refractivity contribution in [1.82, 2.24) is 30.7 Å². The van der Waals surface area contributed by atoms with Crippen molar-refractivity contribution in [1.29, 1.82) is 0 Å². The van der Waals surface area contributed by atoms with Crippen LogP contribution in [0, 0.1) is 0 Å². The van der Waals surface area contributed by atoms with Gasteiger partial charge in [-0.15, -0.1) is 5.10 Å². The number of benzene rings is 2. The van der Waals surface area contributed by atoms with Crippen LogP contribution in [-0.2, 0) is 0 Å². The largest absolute Gasteiger partial charge is 0.496 e. The molecule has 1 amide bonds. The highest BCUT2D eigenvalue weighted by Gasteiger charge is 2.25. The van der Waals surface area contributed by atoms with E-state index >= 15 is 0 Å². The Morgan fingerprint density at radius 1 is 1.21 bits per heavy atom. The molecule has 12 nitrogen and oxygen atoms in total. The zero-order valence-electron chi connectivity index (χ0n) is 17.8. The minimum atomic E-state index is -0.591. The van der Waals surface area contributed by atoms with Gasteiger partial charge in [0.1, 0.15) is 17.2 Å². The summed E-state index contributed by atoms with van der Waals surface area (Å²) >= 11 is 0. The number of amides is 1. The Bertz CT molecular complexity index is 1280. The fourth-order valence-electron chi connectivity index (χ4n) is 3.04. The molecule has 0 fully saturated rings. The predicted octanol–water partition coefficient (Wildman–Crippen LogP) is 2.07. The fraction of sp³-hybridized carbons (Fsp3) is 0.143. The number of para-hydroxylation sites is 1. The van der Waals surface area contributed by atoms with Crippen LogP contribution in [-0.4, -0.2) is 51.1 Å². The van der Waals surface area contributed by atoms with Gasteiger partial charge in [0.2, 0.25) is 11.6 Å². The number of nitrogens with zero attached hydrogens (tertiary/aromatic N) is 6. The van der Waals surface area contributed by atoms with E-state index in [2.05, 4.69) is 35.8 Å². The molecule has 0 radical (unpaired) electrons. The molecule has 168 valence electrons. The summed E-state index contributed by atoms with van der Waals surface area (Å²) in [5.74, 6) is 0.795. The first kappa shape index (κ1) is 21.5. The lowest BCUT2D eigenvalue weighted by Gasteiger charge is -2.08. The fourth-order valence-corrected chi connectivity index (χ4v) is 3.04. The Labute approximate surface area is 188 Å². The zero-order chi connectivity index (χ0) is 23.2. The van der Waals surface area contributed by atoms with Crippen molar-refractivity contribution < 1.29 is 18.9 Å². The molecule has 0 aliphatic carbocycles. The highest BCUT2D eigenvalue weighted by atomic mass is 16.6. The minimum Gasteiger partial charge on any atom is -0.496 e. The number of hydrogen-bond acceptors (Lipinski definition) is 10. The van der Waals surface area contributed by atoms with Crippen molar-refractivity contribution >= 4 is 17.9 Å². The van der Waals surface area contributed by atoms with Crippen LogP contribution in [0.4, 0.5) is 5.82 Å². The molecule has 0 unspecified atom stereocenters. The molecule has 0 bridgehead atoms. The third kappa shape index (κ3) is 4.49. The summed E-state index contributed by atoms with van der Waals surface area (Å²) in [5.41, 5.74) is 9.92. The molecule has 4 rings (SSSR count). The number of hydrazone groups is 1. The third-order valence-electron chi connectivity index (χ3n) is 4.53. The van der Waals surface area contributed by atoms with E-state index in [1.165, 1.54) is 10.9 Å². The van der Waals surface area contributed by atoms with Crippen LogP contribution >= 0.6 is 0 Å². The molecule has 0 spiro atoms. The van der Waals surface area contributed by atoms with Crippen molar-refractivity contribution in [2.45, 2.75) is 6.92 Å². The Morgan fingerprint density at radius 2 is 2.00 bits per heavy atom. The maximum atomic E-state index is 12.9. The number of rotatable bonds is 8. The van der Waals surface area contributed by atoms with Crippen LogP contribution in [0.15, 0.2) is 58.3 Å². The van der Waals surface area contributed by atoms with E-state index in [1.54, 1.807) is 43.5 Å². The molecule has 0 saturated carbocycles. The quantitative estimate of drug-likeness (QED) is 0.304. The SMILES string of the molecule is CCOc1ccc(-c2c(C(=O)N/N=C/c3ccccc3OC)nnn2-c2nonc2N)cc1. The molecule has 0 aliphatic rings. The van der Waals surface area contributed by atoms with Crippen molar-refractivity contribution in [3.63, 3.8) is 0 Å². The molecular weight excluding hydrogens is 428 g/mol. The Morgan fingerprint density at radius 3 is 2.70 bits per heavy atom. The zero-order valence-corrected chi connectivity index (χ0v) is 17.8. The Hall–Kier alpha value is -4.74. The van der Waals surface area contributed by atoms with E-state index in [0.29, 0.717) is 34.9 Å². The second kappa shape index (κ2) is 9.60. The Balaban J connectivity index is 1.67. The second-order valence-electron chi connectivity index (χ2n) is 6.57. The first-order valence-corrected chi connectivity index (χ1v) is 9.86. The molecular formula is C21H20N8O4. The van der Waals surface area contributed by atoms with Crippen LogP contribution in [0.5, 0.6) is 11.5 Å². The van der Waals surface area contributed by atoms with Gasteiger partial charge in [0.25, 0.3) is 5.91 Å². The van der Waals surface area contributed by atoms with Crippen LogP contribution in [0.3, 0.4) is 0 Å². The van der Waals surface area contributed by atoms with Gasteiger partial charge in [-0.05, 0) is 53.6 Å². The number of anilines is 1. The van der Waals surface area contributed by atoms with E-state index in [9.17, 15) is 4.79 Å². The molecule has 33 heavy (non-hydrogen) atoms. The number of nitrogens with one attached hydrogen (secondary N) is 1. The number of carbonyl (C=O) groups is 1. The van der Waals surface area contributed by atoms with E-state index in [4.69, 9.17) is 15.2 Å². The second-order valence-corrected chi connectivity index (χ2v) is 6.57. The lowest BCUT2D eigenvalue weighted by Crippen LogP contribution is -2.19. The Kier molecular flexibility index (Phi) is 6.25. The van der Waals surface area contributed by atoms with Gasteiger partial charge in [-0.25, -0.2) is 10.1 Å². The summed E-state index contributed by atoms with van der Waals surface area (Å²) < 4.78 is 16.7. The number of methoxy groups -OCH3 is 1. The molecule has 4 aromatic rings. The number of carbonyl (C=O) groups excluding carboxylic acids is 1. The summed E-state index contributed by atoms with van der Waals surface area (Å²) in [7, 11) is 1.55. The van der Waals surface area contributed by atoms with Crippen LogP contribution in [0.2, 0.25) is 0 Å². The van der Waals surface area contributed by atoms with Crippen molar-refractivity contribution in [2.75, 3.05) is 19.5 Å². The van der Waals surface area contributed by atoms with Gasteiger partial charge >= 0.3 is 0 Å². The lowest BCUT2D eigenvalue weighted by atomic mass is 10.1. The summed E-state index contributed by atoms with van der Waals surface area (Å²) in [6.07, 6.45) is 1.47. The number of nitrogens with two attached hydrogens (primary N) is 1. The van der Waals surface area contributed by atoms with Gasteiger partial charge in [-0.1, -0.05) is 17.3 Å². The third-order valence-corrected chi connectivity index (χ3v) is 4.53. The van der Waals surface area contributed by atoms with Gasteiger partial charge in [-0.3, -0.25) is 4.79 Å². The maximum Gasteiger partial charge on any atom is 0.294 e. The summed E-state index contributed by atoms with van der Waals surface area (Å²) in [4.78, 5) is 12.9. The van der Waals surface area contributed by atoms with E-state index < -0.39 is 5.91 Å². The molecule has 12 heteroatoms. The maximum absolute atomic E-state index is 12.9. The molecule has 2 aromatic carbocycles. The molecule has 0 atom stereocenters. The molecule has 3 N–H and O–H groups in total. The smallest absolute Gasteiger partial charge is 0.294 e. The molecule has 2 heterocycles. The van der Waals surface area contributed by atoms with Gasteiger partial charge in [0, 0.05) is 11.1 Å². The highest BCUT2D eigenvalue weighted by Crippen LogP contribution is 2.28.